The zero-order valence-corrected chi connectivity index (χ0v) is 7.80. The minimum absolute atomic E-state index is 0.0653. The minimum Gasteiger partial charge on any atom is -0.370 e. The van der Waals surface area contributed by atoms with E-state index in [4.69, 9.17) is 4.74 Å². The molecule has 2 heteroatoms. The summed E-state index contributed by atoms with van der Waals surface area (Å²) < 4.78 is 5.37. The van der Waals surface area contributed by atoms with E-state index in [9.17, 15) is 4.79 Å². The number of ketones is 1. The molecule has 2 fully saturated rings. The number of rotatable bonds is 1. The number of hydrogen-bond donors (Lipinski definition) is 0. The van der Waals surface area contributed by atoms with Gasteiger partial charge in [0.15, 0.2) is 0 Å². The van der Waals surface area contributed by atoms with Crippen LogP contribution >= 0.6 is 0 Å². The van der Waals surface area contributed by atoms with Crippen LogP contribution in [0.25, 0.3) is 0 Å². The first kappa shape index (κ1) is 8.24. The summed E-state index contributed by atoms with van der Waals surface area (Å²) in [6, 6.07) is 0. The average Bonchev–Trinajstić information content (AvgIpc) is 2.75. The van der Waals surface area contributed by atoms with E-state index in [-0.39, 0.29) is 5.60 Å². The summed E-state index contributed by atoms with van der Waals surface area (Å²) in [6.45, 7) is 5.02. The fourth-order valence-corrected chi connectivity index (χ4v) is 2.03. The fourth-order valence-electron chi connectivity index (χ4n) is 2.03. The van der Waals surface area contributed by atoms with Crippen LogP contribution in [0.3, 0.4) is 0 Å². The molecule has 2 unspecified atom stereocenters. The summed E-state index contributed by atoms with van der Waals surface area (Å²) in [5, 5.41) is 0. The Balaban J connectivity index is 1.98. The summed E-state index contributed by atoms with van der Waals surface area (Å²) in [5.41, 5.74) is 0.0653. The first-order chi connectivity index (χ1) is 5.62. The molecule has 0 aromatic carbocycles. The molecule has 3 atom stereocenters. The normalized spacial score (nSPS) is 47.7. The van der Waals surface area contributed by atoms with Gasteiger partial charge in [-0.1, -0.05) is 6.92 Å². The maximum absolute atomic E-state index is 11.4. The van der Waals surface area contributed by atoms with Crippen molar-refractivity contribution in [1.82, 2.24) is 0 Å². The van der Waals surface area contributed by atoms with E-state index >= 15 is 0 Å². The zero-order chi connectivity index (χ0) is 8.77. The first-order valence-corrected chi connectivity index (χ1v) is 4.78. The molecule has 0 amide bonds. The SMILES string of the molecule is CC1CC[C@@H](C2(C)CO2)CC1=O. The van der Waals surface area contributed by atoms with Crippen LogP contribution in [0.1, 0.15) is 33.1 Å². The van der Waals surface area contributed by atoms with Gasteiger partial charge in [-0.25, -0.2) is 0 Å². The molecule has 1 heterocycles. The standard InChI is InChI=1S/C10H16O2/c1-7-3-4-8(5-9(7)11)10(2)6-12-10/h7-8H,3-6H2,1-2H3/t7?,8-,10?/m1/s1. The largest absolute Gasteiger partial charge is 0.370 e. The van der Waals surface area contributed by atoms with Crippen LogP contribution in [0.4, 0.5) is 0 Å². The molecule has 2 rings (SSSR count). The number of epoxide rings is 1. The Kier molecular flexibility index (Phi) is 1.76. The smallest absolute Gasteiger partial charge is 0.136 e. The molecule has 1 aliphatic carbocycles. The van der Waals surface area contributed by atoms with E-state index < -0.39 is 0 Å². The van der Waals surface area contributed by atoms with Crippen molar-refractivity contribution < 1.29 is 9.53 Å². The maximum Gasteiger partial charge on any atom is 0.136 e. The lowest BCUT2D eigenvalue weighted by molar-refractivity contribution is -0.126. The Bertz CT molecular complexity index is 206. The summed E-state index contributed by atoms with van der Waals surface area (Å²) in [4.78, 5) is 11.4. The molecule has 0 N–H and O–H groups in total. The van der Waals surface area contributed by atoms with Gasteiger partial charge in [-0.2, -0.15) is 0 Å². The van der Waals surface area contributed by atoms with E-state index in [1.807, 2.05) is 6.92 Å². The van der Waals surface area contributed by atoms with Crippen molar-refractivity contribution in [2.75, 3.05) is 6.61 Å². The topological polar surface area (TPSA) is 29.6 Å². The van der Waals surface area contributed by atoms with E-state index in [0.29, 0.717) is 17.6 Å². The van der Waals surface area contributed by atoms with Gasteiger partial charge in [0.2, 0.25) is 0 Å². The number of carbonyl (C=O) groups excluding carboxylic acids is 1. The Labute approximate surface area is 73.3 Å². The van der Waals surface area contributed by atoms with Gasteiger partial charge in [-0.3, -0.25) is 4.79 Å². The highest BCUT2D eigenvalue weighted by Gasteiger charge is 2.48. The second-order valence-electron chi connectivity index (χ2n) is 4.45. The van der Waals surface area contributed by atoms with Crippen LogP contribution in [0, 0.1) is 11.8 Å². The van der Waals surface area contributed by atoms with Gasteiger partial charge in [-0.15, -0.1) is 0 Å². The van der Waals surface area contributed by atoms with Gasteiger partial charge < -0.3 is 4.74 Å². The third kappa shape index (κ3) is 1.28. The second-order valence-corrected chi connectivity index (χ2v) is 4.45. The molecule has 0 radical (unpaired) electrons. The highest BCUT2D eigenvalue weighted by atomic mass is 16.6. The minimum atomic E-state index is 0.0653. The van der Waals surface area contributed by atoms with Crippen molar-refractivity contribution in [3.05, 3.63) is 0 Å². The number of Topliss-reactive ketones (excluding diaryl/α,β-unsaturated/α-hetero) is 1. The molecular weight excluding hydrogens is 152 g/mol. The Morgan fingerprint density at radius 1 is 1.50 bits per heavy atom. The highest BCUT2D eigenvalue weighted by Crippen LogP contribution is 2.42. The molecule has 1 aliphatic heterocycles. The van der Waals surface area contributed by atoms with Gasteiger partial charge in [0.05, 0.1) is 12.2 Å². The van der Waals surface area contributed by atoms with Crippen LogP contribution < -0.4 is 0 Å². The maximum atomic E-state index is 11.4. The van der Waals surface area contributed by atoms with Crippen LogP contribution in [-0.2, 0) is 9.53 Å². The summed E-state index contributed by atoms with van der Waals surface area (Å²) >= 11 is 0. The van der Waals surface area contributed by atoms with Crippen LogP contribution in [-0.4, -0.2) is 18.0 Å². The molecule has 2 nitrogen and oxygen atoms in total. The summed E-state index contributed by atoms with van der Waals surface area (Å²) in [6.07, 6.45) is 2.98. The van der Waals surface area contributed by atoms with Crippen molar-refractivity contribution in [3.8, 4) is 0 Å². The Hall–Kier alpha value is -0.370. The van der Waals surface area contributed by atoms with Gasteiger partial charge in [-0.05, 0) is 25.7 Å². The summed E-state index contributed by atoms with van der Waals surface area (Å²) in [7, 11) is 0. The van der Waals surface area contributed by atoms with Crippen LogP contribution in [0.5, 0.6) is 0 Å². The molecule has 2 aliphatic rings. The Morgan fingerprint density at radius 3 is 2.67 bits per heavy atom. The zero-order valence-electron chi connectivity index (χ0n) is 7.80. The average molecular weight is 168 g/mol. The second kappa shape index (κ2) is 2.56. The molecule has 0 aromatic rings. The highest BCUT2D eigenvalue weighted by molar-refractivity contribution is 5.81. The van der Waals surface area contributed by atoms with Crippen molar-refractivity contribution in [3.63, 3.8) is 0 Å². The number of carbonyl (C=O) groups is 1. The van der Waals surface area contributed by atoms with Crippen LogP contribution in [0.15, 0.2) is 0 Å². The van der Waals surface area contributed by atoms with Crippen molar-refractivity contribution in [1.29, 1.82) is 0 Å². The molecule has 68 valence electrons. The number of hydrogen-bond acceptors (Lipinski definition) is 2. The monoisotopic (exact) mass is 168 g/mol. The predicted molar refractivity (Wildman–Crippen MR) is 45.9 cm³/mol. The third-order valence-electron chi connectivity index (χ3n) is 3.41. The van der Waals surface area contributed by atoms with Crippen LogP contribution in [0.2, 0.25) is 0 Å². The predicted octanol–water partition coefficient (Wildman–Crippen LogP) is 1.78. The lowest BCUT2D eigenvalue weighted by Crippen LogP contribution is -2.31. The Morgan fingerprint density at radius 2 is 2.17 bits per heavy atom. The molecule has 12 heavy (non-hydrogen) atoms. The lowest BCUT2D eigenvalue weighted by Gasteiger charge is -2.27. The van der Waals surface area contributed by atoms with Gasteiger partial charge in [0.25, 0.3) is 0 Å². The molecular formula is C10H16O2. The third-order valence-corrected chi connectivity index (χ3v) is 3.41. The summed E-state index contributed by atoms with van der Waals surface area (Å²) in [5.74, 6) is 1.23. The van der Waals surface area contributed by atoms with E-state index in [2.05, 4.69) is 6.92 Å². The van der Waals surface area contributed by atoms with Crippen molar-refractivity contribution in [2.24, 2.45) is 11.8 Å². The van der Waals surface area contributed by atoms with Gasteiger partial charge in [0.1, 0.15) is 5.78 Å². The van der Waals surface area contributed by atoms with E-state index in [1.54, 1.807) is 0 Å². The van der Waals surface area contributed by atoms with Crippen molar-refractivity contribution >= 4 is 5.78 Å². The molecule has 1 saturated carbocycles. The van der Waals surface area contributed by atoms with Gasteiger partial charge in [0, 0.05) is 12.3 Å². The first-order valence-electron chi connectivity index (χ1n) is 4.78. The van der Waals surface area contributed by atoms with E-state index in [1.165, 1.54) is 6.42 Å². The number of ether oxygens (including phenoxy) is 1. The molecule has 1 saturated heterocycles. The van der Waals surface area contributed by atoms with E-state index in [0.717, 1.165) is 19.4 Å². The molecule has 0 aromatic heterocycles. The quantitative estimate of drug-likeness (QED) is 0.558. The molecule has 0 spiro atoms. The van der Waals surface area contributed by atoms with Crippen molar-refractivity contribution in [2.45, 2.75) is 38.7 Å². The van der Waals surface area contributed by atoms with Gasteiger partial charge >= 0.3 is 0 Å². The molecule has 0 bridgehead atoms. The lowest BCUT2D eigenvalue weighted by atomic mass is 9.76. The fraction of sp³-hybridized carbons (Fsp3) is 0.900.